The lowest BCUT2D eigenvalue weighted by molar-refractivity contribution is -0.165. The maximum Gasteiger partial charge on any atom is 0.549 e. The fourth-order valence-corrected chi connectivity index (χ4v) is 0.763. The molecule has 1 aromatic carbocycles. The molecule has 0 aliphatic carbocycles. The number of hydrogen-bond donors (Lipinski definition) is 0. The molecule has 0 heterocycles. The molecule has 0 amide bonds. The predicted molar refractivity (Wildman–Crippen MR) is 45.3 cm³/mol. The third-order valence-corrected chi connectivity index (χ3v) is 1.46. The standard InChI is InChI=1S/C9H10O4/c1-7-5-3-4-6-8(7)12-13-9(10)11-2/h3-6H,1-2H3. The van der Waals surface area contributed by atoms with Crippen molar-refractivity contribution in [3.05, 3.63) is 29.8 Å². The molecular weight excluding hydrogens is 172 g/mol. The highest BCUT2D eigenvalue weighted by molar-refractivity contribution is 5.58. The van der Waals surface area contributed by atoms with Crippen LogP contribution in [0, 0.1) is 6.92 Å². The number of methoxy groups -OCH3 is 1. The molecule has 70 valence electrons. The molecule has 0 fully saturated rings. The maximum atomic E-state index is 10.5. The Balaban J connectivity index is 2.54. The Kier molecular flexibility index (Phi) is 3.14. The molecule has 0 radical (unpaired) electrons. The van der Waals surface area contributed by atoms with E-state index in [9.17, 15) is 4.79 Å². The molecule has 1 aromatic rings. The predicted octanol–water partition coefficient (Wildman–Crippen LogP) is 2.07. The van der Waals surface area contributed by atoms with Crippen molar-refractivity contribution in [2.24, 2.45) is 0 Å². The zero-order valence-corrected chi connectivity index (χ0v) is 7.44. The van der Waals surface area contributed by atoms with Crippen LogP contribution in [-0.2, 0) is 9.62 Å². The SMILES string of the molecule is COC(=O)OOc1ccccc1C. The molecule has 0 atom stereocenters. The van der Waals surface area contributed by atoms with E-state index in [0.29, 0.717) is 5.75 Å². The Hall–Kier alpha value is -1.71. The van der Waals surface area contributed by atoms with Crippen LogP contribution in [0.3, 0.4) is 0 Å². The topological polar surface area (TPSA) is 44.8 Å². The van der Waals surface area contributed by atoms with E-state index in [0.717, 1.165) is 5.56 Å². The summed E-state index contributed by atoms with van der Waals surface area (Å²) in [5.74, 6) is 0.493. The van der Waals surface area contributed by atoms with Crippen LogP contribution in [0.1, 0.15) is 5.56 Å². The summed E-state index contributed by atoms with van der Waals surface area (Å²) in [6, 6.07) is 7.18. The lowest BCUT2D eigenvalue weighted by atomic mass is 10.2. The lowest BCUT2D eigenvalue weighted by Gasteiger charge is -2.04. The van der Waals surface area contributed by atoms with Gasteiger partial charge in [0.25, 0.3) is 0 Å². The largest absolute Gasteiger partial charge is 0.549 e. The fraction of sp³-hybridized carbons (Fsp3) is 0.222. The molecule has 0 N–H and O–H groups in total. The molecule has 0 aliphatic heterocycles. The molecule has 0 unspecified atom stereocenters. The van der Waals surface area contributed by atoms with Crippen molar-refractivity contribution in [3.63, 3.8) is 0 Å². The highest BCUT2D eigenvalue weighted by atomic mass is 17.2. The number of benzene rings is 1. The van der Waals surface area contributed by atoms with E-state index in [1.807, 2.05) is 19.1 Å². The van der Waals surface area contributed by atoms with Crippen LogP contribution < -0.4 is 4.89 Å². The van der Waals surface area contributed by atoms with Crippen LogP contribution in [0.25, 0.3) is 0 Å². The smallest absolute Gasteiger partial charge is 0.435 e. The quantitative estimate of drug-likeness (QED) is 0.399. The molecule has 0 bridgehead atoms. The monoisotopic (exact) mass is 182 g/mol. The molecule has 0 aromatic heterocycles. The normalized spacial score (nSPS) is 9.08. The molecule has 4 heteroatoms. The Morgan fingerprint density at radius 1 is 1.31 bits per heavy atom. The van der Waals surface area contributed by atoms with Crippen LogP contribution in [0.4, 0.5) is 4.79 Å². The minimum atomic E-state index is -0.872. The summed E-state index contributed by atoms with van der Waals surface area (Å²) in [7, 11) is 1.21. The zero-order chi connectivity index (χ0) is 9.68. The Morgan fingerprint density at radius 3 is 2.62 bits per heavy atom. The van der Waals surface area contributed by atoms with Gasteiger partial charge in [0.1, 0.15) is 0 Å². The van der Waals surface area contributed by atoms with Gasteiger partial charge in [0.15, 0.2) is 5.75 Å². The first kappa shape index (κ1) is 9.38. The van der Waals surface area contributed by atoms with Crippen LogP contribution in [0.2, 0.25) is 0 Å². The number of para-hydroxylation sites is 1. The minimum absolute atomic E-state index is 0.493. The van der Waals surface area contributed by atoms with Crippen LogP contribution in [0.5, 0.6) is 5.75 Å². The number of hydrogen-bond acceptors (Lipinski definition) is 4. The van der Waals surface area contributed by atoms with Gasteiger partial charge in [-0.15, -0.1) is 0 Å². The van der Waals surface area contributed by atoms with E-state index in [1.165, 1.54) is 7.11 Å². The summed E-state index contributed by atoms with van der Waals surface area (Å²) < 4.78 is 4.23. The summed E-state index contributed by atoms with van der Waals surface area (Å²) in [4.78, 5) is 19.5. The Labute approximate surface area is 76.0 Å². The van der Waals surface area contributed by atoms with Gasteiger partial charge in [-0.25, -0.2) is 4.89 Å². The fourth-order valence-electron chi connectivity index (χ4n) is 0.763. The second-order valence-corrected chi connectivity index (χ2v) is 2.39. The number of carbonyl (C=O) groups excluding carboxylic acids is 1. The van der Waals surface area contributed by atoms with E-state index >= 15 is 0 Å². The minimum Gasteiger partial charge on any atom is -0.435 e. The van der Waals surface area contributed by atoms with Crippen molar-refractivity contribution < 1.29 is 19.3 Å². The Bertz CT molecular complexity index is 295. The molecule has 0 saturated heterocycles. The third-order valence-electron chi connectivity index (χ3n) is 1.46. The average molecular weight is 182 g/mol. The first-order chi connectivity index (χ1) is 6.24. The summed E-state index contributed by atoms with van der Waals surface area (Å²) in [6.45, 7) is 1.84. The molecule has 4 nitrogen and oxygen atoms in total. The van der Waals surface area contributed by atoms with Crippen LogP contribution >= 0.6 is 0 Å². The maximum absolute atomic E-state index is 10.5. The van der Waals surface area contributed by atoms with E-state index in [2.05, 4.69) is 9.62 Å². The van der Waals surface area contributed by atoms with Crippen molar-refractivity contribution in [3.8, 4) is 5.75 Å². The third kappa shape index (κ3) is 2.66. The molecule has 13 heavy (non-hydrogen) atoms. The summed E-state index contributed by atoms with van der Waals surface area (Å²) >= 11 is 0. The summed E-state index contributed by atoms with van der Waals surface area (Å²) in [5, 5.41) is 0. The molecule has 0 saturated carbocycles. The van der Waals surface area contributed by atoms with E-state index < -0.39 is 6.16 Å². The number of ether oxygens (including phenoxy) is 1. The van der Waals surface area contributed by atoms with Crippen molar-refractivity contribution in [1.82, 2.24) is 0 Å². The van der Waals surface area contributed by atoms with Gasteiger partial charge in [0.05, 0.1) is 7.11 Å². The van der Waals surface area contributed by atoms with Gasteiger partial charge in [0, 0.05) is 0 Å². The molecular formula is C9H10O4. The first-order valence-corrected chi connectivity index (χ1v) is 3.72. The molecule has 0 spiro atoms. The van der Waals surface area contributed by atoms with E-state index in [4.69, 9.17) is 4.89 Å². The van der Waals surface area contributed by atoms with Gasteiger partial charge in [-0.05, 0) is 18.6 Å². The van der Waals surface area contributed by atoms with Gasteiger partial charge in [-0.3, -0.25) is 4.89 Å². The highest BCUT2D eigenvalue weighted by Gasteiger charge is 2.04. The van der Waals surface area contributed by atoms with Crippen molar-refractivity contribution in [1.29, 1.82) is 0 Å². The van der Waals surface area contributed by atoms with E-state index in [-0.39, 0.29) is 0 Å². The average Bonchev–Trinajstić information content (AvgIpc) is 2.16. The van der Waals surface area contributed by atoms with Gasteiger partial charge in [-0.1, -0.05) is 18.2 Å². The van der Waals surface area contributed by atoms with Crippen LogP contribution in [-0.4, -0.2) is 13.3 Å². The van der Waals surface area contributed by atoms with Gasteiger partial charge < -0.3 is 4.74 Å². The number of rotatable bonds is 2. The Morgan fingerprint density at radius 2 is 2.00 bits per heavy atom. The number of aryl methyl sites for hydroxylation is 1. The van der Waals surface area contributed by atoms with Gasteiger partial charge in [-0.2, -0.15) is 4.79 Å². The highest BCUT2D eigenvalue weighted by Crippen LogP contribution is 2.16. The van der Waals surface area contributed by atoms with Crippen molar-refractivity contribution >= 4 is 6.16 Å². The molecule has 0 aliphatic rings. The van der Waals surface area contributed by atoms with Crippen molar-refractivity contribution in [2.45, 2.75) is 6.92 Å². The second-order valence-electron chi connectivity index (χ2n) is 2.39. The number of carbonyl (C=O) groups is 1. The van der Waals surface area contributed by atoms with Crippen LogP contribution in [0.15, 0.2) is 24.3 Å². The van der Waals surface area contributed by atoms with Crippen molar-refractivity contribution in [2.75, 3.05) is 7.11 Å². The first-order valence-electron chi connectivity index (χ1n) is 3.72. The zero-order valence-electron chi connectivity index (χ0n) is 7.44. The molecule has 1 rings (SSSR count). The summed E-state index contributed by atoms with van der Waals surface area (Å²) in [6.07, 6.45) is -0.872. The van der Waals surface area contributed by atoms with Gasteiger partial charge in [0.2, 0.25) is 0 Å². The summed E-state index contributed by atoms with van der Waals surface area (Å²) in [5.41, 5.74) is 0.881. The second kappa shape index (κ2) is 4.35. The van der Waals surface area contributed by atoms with E-state index in [1.54, 1.807) is 12.1 Å². The lowest BCUT2D eigenvalue weighted by Crippen LogP contribution is -2.07. The van der Waals surface area contributed by atoms with Gasteiger partial charge >= 0.3 is 6.16 Å².